The van der Waals surface area contributed by atoms with E-state index < -0.39 is 0 Å². The van der Waals surface area contributed by atoms with Crippen molar-refractivity contribution in [1.82, 2.24) is 0 Å². The lowest BCUT2D eigenvalue weighted by molar-refractivity contribution is 0.896. The molecule has 0 aliphatic carbocycles. The summed E-state index contributed by atoms with van der Waals surface area (Å²) in [6.45, 7) is 5.00. The first-order valence-corrected chi connectivity index (χ1v) is 6.19. The Labute approximate surface area is 91.1 Å². The van der Waals surface area contributed by atoms with Crippen molar-refractivity contribution in [3.05, 3.63) is 29.3 Å². The summed E-state index contributed by atoms with van der Waals surface area (Å²) in [7, 11) is 0. The molecule has 0 radical (unpaired) electrons. The lowest BCUT2D eigenvalue weighted by atomic mass is 10.1. The third-order valence-electron chi connectivity index (χ3n) is 2.30. The van der Waals surface area contributed by atoms with E-state index >= 15 is 0 Å². The molecule has 0 aliphatic heterocycles. The summed E-state index contributed by atoms with van der Waals surface area (Å²) < 4.78 is 0. The van der Waals surface area contributed by atoms with E-state index in [1.807, 2.05) is 11.8 Å². The molecule has 0 saturated carbocycles. The van der Waals surface area contributed by atoms with Crippen LogP contribution in [-0.2, 0) is 6.54 Å². The average molecular weight is 209 g/mol. The van der Waals surface area contributed by atoms with Crippen LogP contribution in [0.3, 0.4) is 0 Å². The van der Waals surface area contributed by atoms with Crippen LogP contribution in [0.1, 0.15) is 30.9 Å². The van der Waals surface area contributed by atoms with E-state index in [1.165, 1.54) is 34.6 Å². The minimum atomic E-state index is 0.645. The zero-order valence-electron chi connectivity index (χ0n) is 9.05. The Morgan fingerprint density at radius 3 is 2.71 bits per heavy atom. The maximum Gasteiger partial charge on any atom is 0.0180 e. The number of thioether (sulfide) groups is 1. The van der Waals surface area contributed by atoms with Gasteiger partial charge in [-0.05, 0) is 42.4 Å². The molecule has 1 aromatic carbocycles. The fraction of sp³-hybridized carbons (Fsp3) is 0.500. The maximum absolute atomic E-state index is 5.62. The molecule has 0 saturated heterocycles. The Balaban J connectivity index is 2.57. The van der Waals surface area contributed by atoms with Gasteiger partial charge in [0, 0.05) is 11.4 Å². The van der Waals surface area contributed by atoms with E-state index in [0.29, 0.717) is 6.54 Å². The first kappa shape index (κ1) is 11.6. The van der Waals surface area contributed by atoms with Crippen LogP contribution in [0.2, 0.25) is 0 Å². The number of aryl methyl sites for hydroxylation is 1. The lowest BCUT2D eigenvalue weighted by Crippen LogP contribution is -1.98. The number of unbranched alkanes of at least 4 members (excludes halogenated alkanes) is 1. The number of hydrogen-bond donors (Lipinski definition) is 1. The molecule has 2 heteroatoms. The molecule has 0 amide bonds. The van der Waals surface area contributed by atoms with Crippen LogP contribution in [0.15, 0.2) is 23.1 Å². The maximum atomic E-state index is 5.62. The molecule has 2 N–H and O–H groups in total. The molecule has 0 unspecified atom stereocenters. The second kappa shape index (κ2) is 6.10. The Bertz CT molecular complexity index is 284. The number of benzene rings is 1. The van der Waals surface area contributed by atoms with Gasteiger partial charge in [-0.1, -0.05) is 19.4 Å². The lowest BCUT2D eigenvalue weighted by Gasteiger charge is -2.06. The summed E-state index contributed by atoms with van der Waals surface area (Å²) in [5, 5.41) is 0. The highest BCUT2D eigenvalue weighted by molar-refractivity contribution is 7.99. The Hall–Kier alpha value is -0.470. The molecule has 0 aromatic heterocycles. The first-order valence-electron chi connectivity index (χ1n) is 5.20. The zero-order chi connectivity index (χ0) is 10.4. The second-order valence-corrected chi connectivity index (χ2v) is 4.66. The largest absolute Gasteiger partial charge is 0.326 e. The van der Waals surface area contributed by atoms with Gasteiger partial charge in [0.25, 0.3) is 0 Å². The van der Waals surface area contributed by atoms with E-state index in [0.717, 1.165) is 0 Å². The molecule has 0 bridgehead atoms. The van der Waals surface area contributed by atoms with Gasteiger partial charge in [-0.2, -0.15) is 0 Å². The van der Waals surface area contributed by atoms with Gasteiger partial charge in [-0.25, -0.2) is 0 Å². The zero-order valence-corrected chi connectivity index (χ0v) is 9.86. The van der Waals surface area contributed by atoms with E-state index in [9.17, 15) is 0 Å². The van der Waals surface area contributed by atoms with E-state index in [-0.39, 0.29) is 0 Å². The van der Waals surface area contributed by atoms with Crippen LogP contribution in [0.4, 0.5) is 0 Å². The van der Waals surface area contributed by atoms with Gasteiger partial charge in [-0.15, -0.1) is 11.8 Å². The van der Waals surface area contributed by atoms with Crippen molar-refractivity contribution in [3.63, 3.8) is 0 Å². The van der Waals surface area contributed by atoms with Crippen LogP contribution in [0.5, 0.6) is 0 Å². The van der Waals surface area contributed by atoms with Crippen molar-refractivity contribution in [2.75, 3.05) is 5.75 Å². The summed E-state index contributed by atoms with van der Waals surface area (Å²) >= 11 is 1.94. The van der Waals surface area contributed by atoms with Crippen molar-refractivity contribution in [2.24, 2.45) is 5.73 Å². The molecule has 0 heterocycles. The van der Waals surface area contributed by atoms with Crippen LogP contribution >= 0.6 is 11.8 Å². The van der Waals surface area contributed by atoms with Crippen molar-refractivity contribution < 1.29 is 0 Å². The molecule has 0 atom stereocenters. The Kier molecular flexibility index (Phi) is 5.05. The Morgan fingerprint density at radius 1 is 1.36 bits per heavy atom. The topological polar surface area (TPSA) is 26.0 Å². The average Bonchev–Trinajstić information content (AvgIpc) is 2.18. The molecular weight excluding hydrogens is 190 g/mol. The highest BCUT2D eigenvalue weighted by Gasteiger charge is 1.98. The minimum Gasteiger partial charge on any atom is -0.326 e. The van der Waals surface area contributed by atoms with Gasteiger partial charge in [0.2, 0.25) is 0 Å². The fourth-order valence-corrected chi connectivity index (χ4v) is 2.41. The van der Waals surface area contributed by atoms with E-state index in [1.54, 1.807) is 0 Å². The fourth-order valence-electron chi connectivity index (χ4n) is 1.32. The quantitative estimate of drug-likeness (QED) is 0.594. The normalized spacial score (nSPS) is 10.5. The van der Waals surface area contributed by atoms with Crippen LogP contribution in [0.25, 0.3) is 0 Å². The smallest absolute Gasteiger partial charge is 0.0180 e. The van der Waals surface area contributed by atoms with Crippen molar-refractivity contribution >= 4 is 11.8 Å². The van der Waals surface area contributed by atoms with Crippen molar-refractivity contribution in [1.29, 1.82) is 0 Å². The van der Waals surface area contributed by atoms with Gasteiger partial charge in [0.05, 0.1) is 0 Å². The van der Waals surface area contributed by atoms with Crippen molar-refractivity contribution in [3.8, 4) is 0 Å². The van der Waals surface area contributed by atoms with Gasteiger partial charge in [0.15, 0.2) is 0 Å². The van der Waals surface area contributed by atoms with Crippen LogP contribution < -0.4 is 5.73 Å². The van der Waals surface area contributed by atoms with E-state index in [4.69, 9.17) is 5.73 Å². The van der Waals surface area contributed by atoms with Crippen LogP contribution in [0, 0.1) is 6.92 Å². The van der Waals surface area contributed by atoms with Gasteiger partial charge >= 0.3 is 0 Å². The third-order valence-corrected chi connectivity index (χ3v) is 3.38. The molecule has 0 fully saturated rings. The summed E-state index contributed by atoms with van der Waals surface area (Å²) in [5.41, 5.74) is 8.18. The van der Waals surface area contributed by atoms with Crippen LogP contribution in [-0.4, -0.2) is 5.75 Å². The number of rotatable bonds is 5. The summed E-state index contributed by atoms with van der Waals surface area (Å²) in [4.78, 5) is 1.37. The minimum absolute atomic E-state index is 0.645. The van der Waals surface area contributed by atoms with Gasteiger partial charge in [0.1, 0.15) is 0 Å². The molecule has 1 rings (SSSR count). The number of hydrogen-bond acceptors (Lipinski definition) is 2. The van der Waals surface area contributed by atoms with Gasteiger partial charge in [-0.3, -0.25) is 0 Å². The predicted molar refractivity (Wildman–Crippen MR) is 64.7 cm³/mol. The SMILES string of the molecule is CCCCSc1ccc(CN)c(C)c1. The summed E-state index contributed by atoms with van der Waals surface area (Å²) in [6, 6.07) is 6.56. The van der Waals surface area contributed by atoms with E-state index in [2.05, 4.69) is 32.0 Å². The highest BCUT2D eigenvalue weighted by atomic mass is 32.2. The standard InChI is InChI=1S/C12H19NS/c1-3-4-7-14-12-6-5-11(9-13)10(2)8-12/h5-6,8H,3-4,7,9,13H2,1-2H3. The van der Waals surface area contributed by atoms with Crippen molar-refractivity contribution in [2.45, 2.75) is 38.1 Å². The summed E-state index contributed by atoms with van der Waals surface area (Å²) in [6.07, 6.45) is 2.56. The molecule has 1 aromatic rings. The molecule has 14 heavy (non-hydrogen) atoms. The molecule has 78 valence electrons. The molecule has 0 spiro atoms. The monoisotopic (exact) mass is 209 g/mol. The second-order valence-electron chi connectivity index (χ2n) is 3.49. The summed E-state index contributed by atoms with van der Waals surface area (Å²) in [5.74, 6) is 1.22. The first-order chi connectivity index (χ1) is 6.77. The third kappa shape index (κ3) is 3.35. The number of nitrogens with two attached hydrogens (primary N) is 1. The molecule has 1 nitrogen and oxygen atoms in total. The molecule has 0 aliphatic rings. The predicted octanol–water partition coefficient (Wildman–Crippen LogP) is 3.35. The highest BCUT2D eigenvalue weighted by Crippen LogP contribution is 2.22. The Morgan fingerprint density at radius 2 is 2.14 bits per heavy atom. The molecular formula is C12H19NS. The van der Waals surface area contributed by atoms with Gasteiger partial charge < -0.3 is 5.73 Å².